The molecule has 0 fully saturated rings. The van der Waals surface area contributed by atoms with E-state index in [1.54, 1.807) is 30.2 Å². The van der Waals surface area contributed by atoms with Gasteiger partial charge in [-0.2, -0.15) is 0 Å². The minimum absolute atomic E-state index is 0.0413. The van der Waals surface area contributed by atoms with Crippen molar-refractivity contribution in [3.63, 3.8) is 0 Å². The van der Waals surface area contributed by atoms with E-state index in [0.717, 1.165) is 11.3 Å². The zero-order chi connectivity index (χ0) is 18.4. The Morgan fingerprint density at radius 2 is 1.88 bits per heavy atom. The molecule has 0 aliphatic rings. The van der Waals surface area contributed by atoms with Gasteiger partial charge in [0.1, 0.15) is 5.75 Å². The van der Waals surface area contributed by atoms with E-state index < -0.39 is 5.97 Å². The van der Waals surface area contributed by atoms with Crippen LogP contribution in [0.1, 0.15) is 41.4 Å². The number of benzene rings is 2. The van der Waals surface area contributed by atoms with Gasteiger partial charge in [-0.1, -0.05) is 24.3 Å². The molecule has 1 atom stereocenters. The van der Waals surface area contributed by atoms with Gasteiger partial charge in [0, 0.05) is 6.54 Å². The predicted octanol–water partition coefficient (Wildman–Crippen LogP) is 3.55. The maximum Gasteiger partial charge on any atom is 0.335 e. The minimum Gasteiger partial charge on any atom is -0.497 e. The average molecular weight is 341 g/mol. The molecule has 2 aromatic carbocycles. The Bertz CT molecular complexity index is 757. The molecule has 0 saturated heterocycles. The molecule has 0 aliphatic carbocycles. The van der Waals surface area contributed by atoms with Crippen LogP contribution in [0.5, 0.6) is 5.75 Å². The number of rotatable bonds is 7. The van der Waals surface area contributed by atoms with E-state index in [4.69, 9.17) is 9.84 Å². The van der Waals surface area contributed by atoms with E-state index in [9.17, 15) is 9.59 Å². The van der Waals surface area contributed by atoms with E-state index in [-0.39, 0.29) is 23.9 Å². The highest BCUT2D eigenvalue weighted by atomic mass is 16.5. The molecular formula is C20H23NO4. The number of carbonyl (C=O) groups is 2. The first-order valence-electron chi connectivity index (χ1n) is 8.22. The second-order valence-electron chi connectivity index (χ2n) is 5.81. The van der Waals surface area contributed by atoms with Crippen LogP contribution >= 0.6 is 0 Å². The van der Waals surface area contributed by atoms with Gasteiger partial charge in [-0.3, -0.25) is 4.79 Å². The molecule has 0 aromatic heterocycles. The molecule has 0 aliphatic heterocycles. The van der Waals surface area contributed by atoms with Crippen molar-refractivity contribution in [3.8, 4) is 5.75 Å². The summed E-state index contributed by atoms with van der Waals surface area (Å²) in [4.78, 5) is 25.6. The second kappa shape index (κ2) is 8.33. The molecule has 1 amide bonds. The van der Waals surface area contributed by atoms with Gasteiger partial charge in [-0.25, -0.2) is 4.79 Å². The molecule has 0 spiro atoms. The Balaban J connectivity index is 2.17. The molecule has 0 radical (unpaired) electrons. The SMILES string of the molecule is CCN(C(=O)Cc1cccc(C(=O)O)c1)C(C)c1cccc(OC)c1. The third-order valence-corrected chi connectivity index (χ3v) is 4.23. The topological polar surface area (TPSA) is 66.8 Å². The molecule has 2 rings (SSSR count). The number of ether oxygens (including phenoxy) is 1. The van der Waals surface area contributed by atoms with Crippen LogP contribution in [0.15, 0.2) is 48.5 Å². The number of aromatic carboxylic acids is 1. The molecule has 2 aromatic rings. The number of hydrogen-bond acceptors (Lipinski definition) is 3. The summed E-state index contributed by atoms with van der Waals surface area (Å²) in [5.41, 5.74) is 1.88. The number of carbonyl (C=O) groups excluding carboxylic acids is 1. The molecule has 5 nitrogen and oxygen atoms in total. The van der Waals surface area contributed by atoms with Crippen LogP contribution in [-0.4, -0.2) is 35.5 Å². The van der Waals surface area contributed by atoms with Crippen molar-refractivity contribution < 1.29 is 19.4 Å². The van der Waals surface area contributed by atoms with Gasteiger partial charge in [-0.15, -0.1) is 0 Å². The molecule has 132 valence electrons. The molecule has 5 heteroatoms. The second-order valence-corrected chi connectivity index (χ2v) is 5.81. The number of amides is 1. The Kier molecular flexibility index (Phi) is 6.17. The van der Waals surface area contributed by atoms with Gasteiger partial charge < -0.3 is 14.7 Å². The summed E-state index contributed by atoms with van der Waals surface area (Å²) in [6.07, 6.45) is 0.170. The number of methoxy groups -OCH3 is 1. The summed E-state index contributed by atoms with van der Waals surface area (Å²) in [6.45, 7) is 4.47. The van der Waals surface area contributed by atoms with Gasteiger partial charge >= 0.3 is 5.97 Å². The van der Waals surface area contributed by atoms with Gasteiger partial charge in [0.15, 0.2) is 0 Å². The van der Waals surface area contributed by atoms with E-state index in [0.29, 0.717) is 12.1 Å². The first-order valence-corrected chi connectivity index (χ1v) is 8.22. The van der Waals surface area contributed by atoms with E-state index >= 15 is 0 Å². The average Bonchev–Trinajstić information content (AvgIpc) is 2.62. The summed E-state index contributed by atoms with van der Waals surface area (Å²) in [5, 5.41) is 9.08. The third-order valence-electron chi connectivity index (χ3n) is 4.23. The van der Waals surface area contributed by atoms with Crippen LogP contribution in [0.3, 0.4) is 0 Å². The normalized spacial score (nSPS) is 11.6. The molecule has 0 saturated carbocycles. The molecule has 1 unspecified atom stereocenters. The van der Waals surface area contributed by atoms with Crippen LogP contribution in [0.2, 0.25) is 0 Å². The number of likely N-dealkylation sites (N-methyl/N-ethyl adjacent to an activating group) is 1. The van der Waals surface area contributed by atoms with Crippen molar-refractivity contribution in [2.45, 2.75) is 26.3 Å². The lowest BCUT2D eigenvalue weighted by Crippen LogP contribution is -2.34. The van der Waals surface area contributed by atoms with Gasteiger partial charge in [-0.05, 0) is 49.2 Å². The number of carboxylic acids is 1. The minimum atomic E-state index is -0.994. The lowest BCUT2D eigenvalue weighted by molar-refractivity contribution is -0.132. The monoisotopic (exact) mass is 341 g/mol. The van der Waals surface area contributed by atoms with E-state index in [2.05, 4.69) is 0 Å². The van der Waals surface area contributed by atoms with Crippen molar-refractivity contribution in [2.24, 2.45) is 0 Å². The Morgan fingerprint density at radius 3 is 2.52 bits per heavy atom. The number of carboxylic acid groups (broad SMARTS) is 1. The lowest BCUT2D eigenvalue weighted by atomic mass is 10.0. The van der Waals surface area contributed by atoms with Gasteiger partial charge in [0.2, 0.25) is 5.91 Å². The van der Waals surface area contributed by atoms with Gasteiger partial charge in [0.25, 0.3) is 0 Å². The molecule has 0 heterocycles. The van der Waals surface area contributed by atoms with Crippen molar-refractivity contribution in [3.05, 3.63) is 65.2 Å². The van der Waals surface area contributed by atoms with Crippen molar-refractivity contribution in [2.75, 3.05) is 13.7 Å². The lowest BCUT2D eigenvalue weighted by Gasteiger charge is -2.29. The standard InChI is InChI=1S/C20H23NO4/c1-4-21(14(2)16-8-6-10-18(13-16)25-3)19(22)12-15-7-5-9-17(11-15)20(23)24/h5-11,13-14H,4,12H2,1-3H3,(H,23,24). The molecular weight excluding hydrogens is 318 g/mol. The summed E-state index contributed by atoms with van der Waals surface area (Å²) in [6, 6.07) is 14.1. The van der Waals surface area contributed by atoms with Gasteiger partial charge in [0.05, 0.1) is 25.1 Å². The Hall–Kier alpha value is -2.82. The molecule has 0 bridgehead atoms. The molecule has 1 N–H and O–H groups in total. The predicted molar refractivity (Wildman–Crippen MR) is 95.9 cm³/mol. The fraction of sp³-hybridized carbons (Fsp3) is 0.300. The highest BCUT2D eigenvalue weighted by Gasteiger charge is 2.20. The summed E-state index contributed by atoms with van der Waals surface area (Å²) < 4.78 is 5.25. The first-order chi connectivity index (χ1) is 12.0. The zero-order valence-electron chi connectivity index (χ0n) is 14.7. The summed E-state index contributed by atoms with van der Waals surface area (Å²) in [5.74, 6) is -0.284. The van der Waals surface area contributed by atoms with Crippen molar-refractivity contribution in [1.29, 1.82) is 0 Å². The highest BCUT2D eigenvalue weighted by Crippen LogP contribution is 2.24. The van der Waals surface area contributed by atoms with Crippen LogP contribution < -0.4 is 4.74 Å². The maximum atomic E-state index is 12.7. The summed E-state index contributed by atoms with van der Waals surface area (Å²) >= 11 is 0. The smallest absolute Gasteiger partial charge is 0.335 e. The van der Waals surface area contributed by atoms with E-state index in [1.165, 1.54) is 6.07 Å². The quantitative estimate of drug-likeness (QED) is 0.836. The fourth-order valence-corrected chi connectivity index (χ4v) is 2.84. The van der Waals surface area contributed by atoms with Crippen LogP contribution in [-0.2, 0) is 11.2 Å². The molecule has 25 heavy (non-hydrogen) atoms. The van der Waals surface area contributed by atoms with Crippen LogP contribution in [0.25, 0.3) is 0 Å². The summed E-state index contributed by atoms with van der Waals surface area (Å²) in [7, 11) is 1.61. The third kappa shape index (κ3) is 4.59. The van der Waals surface area contributed by atoms with E-state index in [1.807, 2.05) is 38.1 Å². The number of hydrogen-bond donors (Lipinski definition) is 1. The highest BCUT2D eigenvalue weighted by molar-refractivity contribution is 5.88. The fourth-order valence-electron chi connectivity index (χ4n) is 2.84. The Morgan fingerprint density at radius 1 is 1.16 bits per heavy atom. The number of nitrogens with zero attached hydrogens (tertiary/aromatic N) is 1. The van der Waals surface area contributed by atoms with Crippen LogP contribution in [0, 0.1) is 0 Å². The largest absolute Gasteiger partial charge is 0.497 e. The van der Waals surface area contributed by atoms with Crippen LogP contribution in [0.4, 0.5) is 0 Å². The zero-order valence-corrected chi connectivity index (χ0v) is 14.7. The maximum absolute atomic E-state index is 12.7. The van der Waals surface area contributed by atoms with Crippen molar-refractivity contribution in [1.82, 2.24) is 4.90 Å². The first kappa shape index (κ1) is 18.5. The van der Waals surface area contributed by atoms with Crippen molar-refractivity contribution >= 4 is 11.9 Å². The Labute approximate surface area is 147 Å².